The maximum atomic E-state index is 13.0. The van der Waals surface area contributed by atoms with Gasteiger partial charge in [0.25, 0.3) is 0 Å². The molecule has 2 amide bonds. The molecule has 0 aliphatic carbocycles. The molecule has 1 unspecified atom stereocenters. The third-order valence-electron chi connectivity index (χ3n) is 4.71. The van der Waals surface area contributed by atoms with Gasteiger partial charge in [-0.2, -0.15) is 0 Å². The standard InChI is InChI=1S/C24H25N3O2/c25-23(28)21-14-8-7-13-20(21)22(26-16-15-18-9-3-1-4-10-18)24(29)27-17-19-11-5-2-6-12-19/h1-14,22,26H,15-17H2,(H2,25,28)(H,27,29). The quantitative estimate of drug-likeness (QED) is 0.528. The largest absolute Gasteiger partial charge is 0.366 e. The van der Waals surface area contributed by atoms with Crippen LogP contribution in [-0.2, 0) is 17.8 Å². The minimum absolute atomic E-state index is 0.199. The van der Waals surface area contributed by atoms with Crippen molar-refractivity contribution in [3.05, 3.63) is 107 Å². The summed E-state index contributed by atoms with van der Waals surface area (Å²) in [5.41, 5.74) is 8.65. The Hall–Kier alpha value is -3.44. The van der Waals surface area contributed by atoms with Crippen molar-refractivity contribution >= 4 is 11.8 Å². The SMILES string of the molecule is NC(=O)c1ccccc1C(NCCc1ccccc1)C(=O)NCc1ccccc1. The van der Waals surface area contributed by atoms with Crippen LogP contribution >= 0.6 is 0 Å². The smallest absolute Gasteiger partial charge is 0.249 e. The Labute approximate surface area is 170 Å². The summed E-state index contributed by atoms with van der Waals surface area (Å²) in [4.78, 5) is 24.9. The van der Waals surface area contributed by atoms with Crippen molar-refractivity contribution in [2.24, 2.45) is 5.73 Å². The molecule has 0 bridgehead atoms. The molecule has 3 aromatic rings. The number of benzene rings is 3. The minimum atomic E-state index is -0.675. The van der Waals surface area contributed by atoms with Crippen LogP contribution in [0.15, 0.2) is 84.9 Å². The van der Waals surface area contributed by atoms with Crippen molar-refractivity contribution in [1.82, 2.24) is 10.6 Å². The van der Waals surface area contributed by atoms with Crippen LogP contribution in [0.2, 0.25) is 0 Å². The third kappa shape index (κ3) is 5.77. The summed E-state index contributed by atoms with van der Waals surface area (Å²) in [6, 6.07) is 26.0. The summed E-state index contributed by atoms with van der Waals surface area (Å²) < 4.78 is 0. The minimum Gasteiger partial charge on any atom is -0.366 e. The van der Waals surface area contributed by atoms with E-state index in [-0.39, 0.29) is 5.91 Å². The summed E-state index contributed by atoms with van der Waals surface area (Å²) >= 11 is 0. The molecule has 5 nitrogen and oxygen atoms in total. The van der Waals surface area contributed by atoms with Crippen molar-refractivity contribution in [2.75, 3.05) is 6.54 Å². The van der Waals surface area contributed by atoms with Crippen LogP contribution in [0.5, 0.6) is 0 Å². The zero-order chi connectivity index (χ0) is 20.5. The molecule has 0 fully saturated rings. The predicted octanol–water partition coefficient (Wildman–Crippen LogP) is 2.98. The predicted molar refractivity (Wildman–Crippen MR) is 114 cm³/mol. The fourth-order valence-corrected chi connectivity index (χ4v) is 3.21. The molecule has 3 aromatic carbocycles. The number of nitrogens with one attached hydrogen (secondary N) is 2. The number of hydrogen-bond acceptors (Lipinski definition) is 3. The average molecular weight is 387 g/mol. The van der Waals surface area contributed by atoms with E-state index >= 15 is 0 Å². The van der Waals surface area contributed by atoms with Crippen LogP contribution in [0.3, 0.4) is 0 Å². The zero-order valence-electron chi connectivity index (χ0n) is 16.2. The highest BCUT2D eigenvalue weighted by atomic mass is 16.2. The highest BCUT2D eigenvalue weighted by Gasteiger charge is 2.24. The van der Waals surface area contributed by atoms with Crippen LogP contribution in [0.1, 0.15) is 33.1 Å². The lowest BCUT2D eigenvalue weighted by molar-refractivity contribution is -0.123. The first kappa shape index (κ1) is 20.3. The molecule has 148 valence electrons. The molecule has 0 aliphatic heterocycles. The van der Waals surface area contributed by atoms with Crippen LogP contribution in [-0.4, -0.2) is 18.4 Å². The van der Waals surface area contributed by atoms with Crippen molar-refractivity contribution in [1.29, 1.82) is 0 Å². The molecular formula is C24H25N3O2. The number of carbonyl (C=O) groups is 2. The highest BCUT2D eigenvalue weighted by molar-refractivity contribution is 5.96. The first-order valence-corrected chi connectivity index (χ1v) is 9.63. The van der Waals surface area contributed by atoms with Gasteiger partial charge >= 0.3 is 0 Å². The van der Waals surface area contributed by atoms with Crippen molar-refractivity contribution < 1.29 is 9.59 Å². The number of rotatable bonds is 9. The monoisotopic (exact) mass is 387 g/mol. The van der Waals surface area contributed by atoms with Crippen LogP contribution < -0.4 is 16.4 Å². The van der Waals surface area contributed by atoms with E-state index in [1.54, 1.807) is 24.3 Å². The van der Waals surface area contributed by atoms with Crippen molar-refractivity contribution in [2.45, 2.75) is 19.0 Å². The molecule has 0 radical (unpaired) electrons. The van der Waals surface area contributed by atoms with E-state index in [0.717, 1.165) is 12.0 Å². The molecule has 5 heteroatoms. The molecule has 0 saturated carbocycles. The van der Waals surface area contributed by atoms with Gasteiger partial charge in [-0.15, -0.1) is 0 Å². The van der Waals surface area contributed by atoms with Gasteiger partial charge in [-0.25, -0.2) is 0 Å². The Morgan fingerprint density at radius 3 is 2.03 bits per heavy atom. The Balaban J connectivity index is 1.75. The molecule has 0 saturated heterocycles. The molecule has 3 rings (SSSR count). The molecule has 1 atom stereocenters. The lowest BCUT2D eigenvalue weighted by Crippen LogP contribution is -2.39. The fraction of sp³-hybridized carbons (Fsp3) is 0.167. The van der Waals surface area contributed by atoms with E-state index in [9.17, 15) is 9.59 Å². The zero-order valence-corrected chi connectivity index (χ0v) is 16.2. The van der Waals surface area contributed by atoms with E-state index in [1.165, 1.54) is 5.56 Å². The molecular weight excluding hydrogens is 362 g/mol. The van der Waals surface area contributed by atoms with Crippen LogP contribution in [0.4, 0.5) is 0 Å². The van der Waals surface area contributed by atoms with E-state index in [1.807, 2.05) is 60.7 Å². The van der Waals surface area contributed by atoms with Gasteiger partial charge in [0, 0.05) is 18.7 Å². The van der Waals surface area contributed by atoms with Gasteiger partial charge in [0.2, 0.25) is 11.8 Å². The summed E-state index contributed by atoms with van der Waals surface area (Å²) in [6.45, 7) is 0.996. The highest BCUT2D eigenvalue weighted by Crippen LogP contribution is 2.19. The third-order valence-corrected chi connectivity index (χ3v) is 4.71. The summed E-state index contributed by atoms with van der Waals surface area (Å²) in [6.07, 6.45) is 0.766. The molecule has 4 N–H and O–H groups in total. The summed E-state index contributed by atoms with van der Waals surface area (Å²) in [7, 11) is 0. The van der Waals surface area contributed by atoms with E-state index in [4.69, 9.17) is 5.73 Å². The van der Waals surface area contributed by atoms with Gasteiger partial charge in [0.05, 0.1) is 0 Å². The molecule has 0 aliphatic rings. The van der Waals surface area contributed by atoms with E-state index < -0.39 is 11.9 Å². The summed E-state index contributed by atoms with van der Waals surface area (Å²) in [5, 5.41) is 6.25. The first-order valence-electron chi connectivity index (χ1n) is 9.63. The lowest BCUT2D eigenvalue weighted by atomic mass is 9.98. The number of hydrogen-bond donors (Lipinski definition) is 3. The average Bonchev–Trinajstić information content (AvgIpc) is 2.76. The molecule has 29 heavy (non-hydrogen) atoms. The second-order valence-corrected chi connectivity index (χ2v) is 6.78. The Morgan fingerprint density at radius 2 is 1.38 bits per heavy atom. The molecule has 0 spiro atoms. The van der Waals surface area contributed by atoms with E-state index in [0.29, 0.717) is 24.2 Å². The summed E-state index contributed by atoms with van der Waals surface area (Å²) in [5.74, 6) is -0.748. The van der Waals surface area contributed by atoms with Gasteiger partial charge in [0.15, 0.2) is 0 Å². The second-order valence-electron chi connectivity index (χ2n) is 6.78. The topological polar surface area (TPSA) is 84.2 Å². The number of amides is 2. The normalized spacial score (nSPS) is 11.6. The Bertz CT molecular complexity index is 943. The van der Waals surface area contributed by atoms with Gasteiger partial charge in [-0.05, 0) is 29.2 Å². The number of primary amides is 1. The molecule has 0 heterocycles. The fourth-order valence-electron chi connectivity index (χ4n) is 3.21. The van der Waals surface area contributed by atoms with Gasteiger partial charge in [-0.3, -0.25) is 9.59 Å². The number of carbonyl (C=O) groups excluding carboxylic acids is 2. The van der Waals surface area contributed by atoms with Gasteiger partial charge < -0.3 is 16.4 Å². The van der Waals surface area contributed by atoms with Gasteiger partial charge in [0.1, 0.15) is 6.04 Å². The lowest BCUT2D eigenvalue weighted by Gasteiger charge is -2.21. The van der Waals surface area contributed by atoms with Crippen molar-refractivity contribution in [3.63, 3.8) is 0 Å². The Kier molecular flexibility index (Phi) is 7.14. The first-order chi connectivity index (χ1) is 14.1. The van der Waals surface area contributed by atoms with Crippen LogP contribution in [0.25, 0.3) is 0 Å². The number of nitrogens with two attached hydrogens (primary N) is 1. The molecule has 0 aromatic heterocycles. The van der Waals surface area contributed by atoms with E-state index in [2.05, 4.69) is 10.6 Å². The van der Waals surface area contributed by atoms with Crippen LogP contribution in [0, 0.1) is 0 Å². The maximum Gasteiger partial charge on any atom is 0.249 e. The second kappa shape index (κ2) is 10.2. The maximum absolute atomic E-state index is 13.0. The van der Waals surface area contributed by atoms with Crippen molar-refractivity contribution in [3.8, 4) is 0 Å². The van der Waals surface area contributed by atoms with Gasteiger partial charge in [-0.1, -0.05) is 78.9 Å². The Morgan fingerprint density at radius 1 is 0.793 bits per heavy atom.